The van der Waals surface area contributed by atoms with Crippen LogP contribution in [-0.2, 0) is 5.60 Å². The topological polar surface area (TPSA) is 33.1 Å². The molecule has 17 heavy (non-hydrogen) atoms. The summed E-state index contributed by atoms with van der Waals surface area (Å²) in [6.07, 6.45) is 3.47. The summed E-state index contributed by atoms with van der Waals surface area (Å²) in [4.78, 5) is 4.09. The highest BCUT2D eigenvalue weighted by Gasteiger charge is 2.27. The summed E-state index contributed by atoms with van der Waals surface area (Å²) in [7, 11) is 0. The summed E-state index contributed by atoms with van der Waals surface area (Å²) in [5, 5.41) is 10.7. The molecular weight excluding hydrogens is 210 g/mol. The number of aromatic nitrogens is 1. The Morgan fingerprint density at radius 2 is 1.71 bits per heavy atom. The van der Waals surface area contributed by atoms with Gasteiger partial charge in [0.2, 0.25) is 0 Å². The maximum atomic E-state index is 10.7. The van der Waals surface area contributed by atoms with Crippen molar-refractivity contribution in [1.82, 2.24) is 4.98 Å². The minimum absolute atomic E-state index is 0.851. The van der Waals surface area contributed by atoms with Gasteiger partial charge in [-0.05, 0) is 38.0 Å². The van der Waals surface area contributed by atoms with Crippen molar-refractivity contribution in [2.75, 3.05) is 0 Å². The molecule has 0 amide bonds. The van der Waals surface area contributed by atoms with Crippen LogP contribution in [0, 0.1) is 13.8 Å². The molecule has 2 rings (SSSR count). The minimum Gasteiger partial charge on any atom is -0.381 e. The van der Waals surface area contributed by atoms with Crippen LogP contribution < -0.4 is 0 Å². The summed E-state index contributed by atoms with van der Waals surface area (Å²) < 4.78 is 0. The zero-order valence-electron chi connectivity index (χ0n) is 10.4. The molecule has 0 spiro atoms. The van der Waals surface area contributed by atoms with Crippen molar-refractivity contribution in [3.63, 3.8) is 0 Å². The van der Waals surface area contributed by atoms with E-state index in [0.717, 1.165) is 16.7 Å². The quantitative estimate of drug-likeness (QED) is 0.855. The third kappa shape index (κ3) is 2.22. The Hall–Kier alpha value is -1.67. The average Bonchev–Trinajstić information content (AvgIpc) is 2.30. The van der Waals surface area contributed by atoms with Crippen LogP contribution >= 0.6 is 0 Å². The van der Waals surface area contributed by atoms with Crippen LogP contribution in [0.15, 0.2) is 42.7 Å². The van der Waals surface area contributed by atoms with Crippen molar-refractivity contribution in [1.29, 1.82) is 0 Å². The SMILES string of the molecule is Cc1ccc(C(C)(O)c2cnccc2C)cc1. The Morgan fingerprint density at radius 3 is 2.29 bits per heavy atom. The van der Waals surface area contributed by atoms with Gasteiger partial charge in [0.05, 0.1) is 0 Å². The molecule has 0 bridgehead atoms. The van der Waals surface area contributed by atoms with Crippen molar-refractivity contribution in [3.8, 4) is 0 Å². The lowest BCUT2D eigenvalue weighted by atomic mass is 9.86. The van der Waals surface area contributed by atoms with Crippen LogP contribution in [0.1, 0.15) is 29.2 Å². The molecule has 0 aliphatic heterocycles. The van der Waals surface area contributed by atoms with Crippen LogP contribution in [0.25, 0.3) is 0 Å². The number of pyridine rings is 1. The standard InChI is InChI=1S/C15H17NO/c1-11-4-6-13(7-5-11)15(3,17)14-10-16-9-8-12(14)2/h4-10,17H,1-3H3. The van der Waals surface area contributed by atoms with Crippen molar-refractivity contribution in [3.05, 3.63) is 65.0 Å². The summed E-state index contributed by atoms with van der Waals surface area (Å²) in [5.74, 6) is 0. The first-order valence-electron chi connectivity index (χ1n) is 5.72. The number of rotatable bonds is 2. The number of hydrogen-bond acceptors (Lipinski definition) is 2. The zero-order chi connectivity index (χ0) is 12.5. The van der Waals surface area contributed by atoms with Gasteiger partial charge in [-0.1, -0.05) is 29.8 Å². The van der Waals surface area contributed by atoms with E-state index in [-0.39, 0.29) is 0 Å². The molecule has 2 aromatic rings. The van der Waals surface area contributed by atoms with E-state index in [0.29, 0.717) is 0 Å². The van der Waals surface area contributed by atoms with Crippen LogP contribution in [0.5, 0.6) is 0 Å². The van der Waals surface area contributed by atoms with Crippen LogP contribution in [0.4, 0.5) is 0 Å². The molecular formula is C15H17NO. The van der Waals surface area contributed by atoms with Gasteiger partial charge in [-0.2, -0.15) is 0 Å². The summed E-state index contributed by atoms with van der Waals surface area (Å²) >= 11 is 0. The van der Waals surface area contributed by atoms with Gasteiger partial charge in [0.15, 0.2) is 0 Å². The fourth-order valence-electron chi connectivity index (χ4n) is 2.01. The van der Waals surface area contributed by atoms with Gasteiger partial charge >= 0.3 is 0 Å². The lowest BCUT2D eigenvalue weighted by molar-refractivity contribution is 0.101. The molecule has 1 heterocycles. The minimum atomic E-state index is -0.994. The number of aliphatic hydroxyl groups is 1. The molecule has 0 saturated carbocycles. The highest BCUT2D eigenvalue weighted by Crippen LogP contribution is 2.30. The first kappa shape index (κ1) is 11.8. The molecule has 0 saturated heterocycles. The molecule has 88 valence electrons. The van der Waals surface area contributed by atoms with Gasteiger partial charge in [-0.3, -0.25) is 4.98 Å². The fourth-order valence-corrected chi connectivity index (χ4v) is 2.01. The maximum absolute atomic E-state index is 10.7. The number of benzene rings is 1. The van der Waals surface area contributed by atoms with Crippen LogP contribution in [-0.4, -0.2) is 10.1 Å². The molecule has 0 aliphatic rings. The van der Waals surface area contributed by atoms with E-state index in [1.165, 1.54) is 5.56 Å². The van der Waals surface area contributed by atoms with Crippen molar-refractivity contribution < 1.29 is 5.11 Å². The van der Waals surface area contributed by atoms with Crippen LogP contribution in [0.2, 0.25) is 0 Å². The fraction of sp³-hybridized carbons (Fsp3) is 0.267. The molecule has 0 radical (unpaired) electrons. The smallest absolute Gasteiger partial charge is 0.114 e. The van der Waals surface area contributed by atoms with Crippen LogP contribution in [0.3, 0.4) is 0 Å². The summed E-state index contributed by atoms with van der Waals surface area (Å²) in [6, 6.07) is 9.85. The molecule has 1 aromatic carbocycles. The normalized spacial score (nSPS) is 14.4. The number of nitrogens with zero attached hydrogens (tertiary/aromatic N) is 1. The Morgan fingerprint density at radius 1 is 1.06 bits per heavy atom. The lowest BCUT2D eigenvalue weighted by Crippen LogP contribution is -2.24. The average molecular weight is 227 g/mol. The molecule has 0 aliphatic carbocycles. The van der Waals surface area contributed by atoms with Crippen molar-refractivity contribution in [2.24, 2.45) is 0 Å². The van der Waals surface area contributed by atoms with E-state index in [2.05, 4.69) is 4.98 Å². The van der Waals surface area contributed by atoms with E-state index in [1.807, 2.05) is 51.1 Å². The van der Waals surface area contributed by atoms with Gasteiger partial charge in [-0.25, -0.2) is 0 Å². The van der Waals surface area contributed by atoms with Crippen molar-refractivity contribution in [2.45, 2.75) is 26.4 Å². The molecule has 2 nitrogen and oxygen atoms in total. The first-order valence-corrected chi connectivity index (χ1v) is 5.72. The monoisotopic (exact) mass is 227 g/mol. The Balaban J connectivity index is 2.49. The zero-order valence-corrected chi connectivity index (χ0v) is 10.4. The first-order chi connectivity index (χ1) is 8.01. The Labute approximate surface area is 102 Å². The number of aryl methyl sites for hydroxylation is 2. The molecule has 0 fully saturated rings. The predicted molar refractivity (Wildman–Crippen MR) is 68.8 cm³/mol. The highest BCUT2D eigenvalue weighted by molar-refractivity contribution is 5.38. The van der Waals surface area contributed by atoms with Gasteiger partial charge in [-0.15, -0.1) is 0 Å². The summed E-state index contributed by atoms with van der Waals surface area (Å²) in [6.45, 7) is 5.83. The van der Waals surface area contributed by atoms with Gasteiger partial charge in [0, 0.05) is 18.0 Å². The second-order valence-corrected chi connectivity index (χ2v) is 4.63. The Kier molecular flexibility index (Phi) is 2.99. The maximum Gasteiger partial charge on any atom is 0.114 e. The van der Waals surface area contributed by atoms with Crippen molar-refractivity contribution >= 4 is 0 Å². The summed E-state index contributed by atoms with van der Waals surface area (Å²) in [5.41, 5.74) is 2.98. The van der Waals surface area contributed by atoms with E-state index in [4.69, 9.17) is 0 Å². The molecule has 2 heteroatoms. The van der Waals surface area contributed by atoms with E-state index in [9.17, 15) is 5.11 Å². The van der Waals surface area contributed by atoms with E-state index in [1.54, 1.807) is 12.4 Å². The second kappa shape index (κ2) is 4.30. The molecule has 1 N–H and O–H groups in total. The molecule has 1 atom stereocenters. The lowest BCUT2D eigenvalue weighted by Gasteiger charge is -2.25. The van der Waals surface area contributed by atoms with Gasteiger partial charge in [0.25, 0.3) is 0 Å². The largest absolute Gasteiger partial charge is 0.381 e. The number of hydrogen-bond donors (Lipinski definition) is 1. The molecule has 1 unspecified atom stereocenters. The third-order valence-electron chi connectivity index (χ3n) is 3.18. The molecule has 1 aromatic heterocycles. The highest BCUT2D eigenvalue weighted by atomic mass is 16.3. The van der Waals surface area contributed by atoms with Gasteiger partial charge < -0.3 is 5.11 Å². The van der Waals surface area contributed by atoms with E-state index < -0.39 is 5.60 Å². The van der Waals surface area contributed by atoms with E-state index >= 15 is 0 Å². The second-order valence-electron chi connectivity index (χ2n) is 4.63. The Bertz CT molecular complexity index is 515. The third-order valence-corrected chi connectivity index (χ3v) is 3.18. The van der Waals surface area contributed by atoms with Gasteiger partial charge in [0.1, 0.15) is 5.60 Å². The predicted octanol–water partition coefficient (Wildman–Crippen LogP) is 2.95.